The summed E-state index contributed by atoms with van der Waals surface area (Å²) < 4.78 is 0.952. The van der Waals surface area contributed by atoms with Crippen molar-refractivity contribution in [1.29, 1.82) is 0 Å². The zero-order valence-electron chi connectivity index (χ0n) is 8.66. The van der Waals surface area contributed by atoms with Crippen LogP contribution in [-0.2, 0) is 0 Å². The van der Waals surface area contributed by atoms with E-state index in [1.165, 1.54) is 11.3 Å². The molecule has 0 radical (unpaired) electrons. The van der Waals surface area contributed by atoms with E-state index in [-0.39, 0.29) is 5.78 Å². The Bertz CT molecular complexity index is 504. The molecule has 0 aliphatic carbocycles. The summed E-state index contributed by atoms with van der Waals surface area (Å²) in [7, 11) is 1.85. The Morgan fingerprint density at radius 2 is 2.00 bits per heavy atom. The lowest BCUT2D eigenvalue weighted by Gasteiger charge is -2.01. The Kier molecular flexibility index (Phi) is 3.41. The van der Waals surface area contributed by atoms with Crippen molar-refractivity contribution in [3.8, 4) is 0 Å². The van der Waals surface area contributed by atoms with Gasteiger partial charge < -0.3 is 5.32 Å². The molecule has 0 bridgehead atoms. The van der Waals surface area contributed by atoms with Crippen molar-refractivity contribution in [3.63, 3.8) is 0 Å². The van der Waals surface area contributed by atoms with Gasteiger partial charge in [-0.1, -0.05) is 0 Å². The molecular formula is C12H10BrNOS. The highest BCUT2D eigenvalue weighted by Crippen LogP contribution is 2.23. The third kappa shape index (κ3) is 2.33. The summed E-state index contributed by atoms with van der Waals surface area (Å²) in [4.78, 5) is 12.8. The predicted molar refractivity (Wildman–Crippen MR) is 71.4 cm³/mol. The zero-order chi connectivity index (χ0) is 11.5. The Hall–Kier alpha value is -1.13. The van der Waals surface area contributed by atoms with E-state index in [9.17, 15) is 4.79 Å². The molecule has 1 aromatic carbocycles. The van der Waals surface area contributed by atoms with Gasteiger partial charge in [0.05, 0.1) is 4.88 Å². The van der Waals surface area contributed by atoms with Crippen LogP contribution in [0.2, 0.25) is 0 Å². The number of rotatable bonds is 3. The minimum absolute atomic E-state index is 0.0679. The molecule has 4 heteroatoms. The molecule has 0 spiro atoms. The summed E-state index contributed by atoms with van der Waals surface area (Å²) in [6.07, 6.45) is 0. The number of ketones is 1. The minimum Gasteiger partial charge on any atom is -0.388 e. The number of thiophene rings is 1. The smallest absolute Gasteiger partial charge is 0.202 e. The maximum Gasteiger partial charge on any atom is 0.202 e. The van der Waals surface area contributed by atoms with Gasteiger partial charge in [-0.2, -0.15) is 0 Å². The normalized spacial score (nSPS) is 10.1. The van der Waals surface area contributed by atoms with Gasteiger partial charge >= 0.3 is 0 Å². The second kappa shape index (κ2) is 4.80. The minimum atomic E-state index is 0.0679. The number of hydrogen-bond acceptors (Lipinski definition) is 3. The van der Waals surface area contributed by atoms with Crippen LogP contribution in [0.15, 0.2) is 40.2 Å². The lowest BCUT2D eigenvalue weighted by Crippen LogP contribution is -1.98. The van der Waals surface area contributed by atoms with Crippen LogP contribution in [0.5, 0.6) is 0 Å². The van der Waals surface area contributed by atoms with E-state index >= 15 is 0 Å². The van der Waals surface area contributed by atoms with E-state index in [2.05, 4.69) is 21.2 Å². The lowest BCUT2D eigenvalue weighted by atomic mass is 10.1. The molecule has 0 saturated heterocycles. The van der Waals surface area contributed by atoms with Gasteiger partial charge in [0.15, 0.2) is 0 Å². The summed E-state index contributed by atoms with van der Waals surface area (Å²) >= 11 is 4.79. The summed E-state index contributed by atoms with van der Waals surface area (Å²) in [5.74, 6) is 0.0679. The van der Waals surface area contributed by atoms with Crippen molar-refractivity contribution in [2.45, 2.75) is 0 Å². The fourth-order valence-corrected chi connectivity index (χ4v) is 2.75. The number of anilines is 1. The summed E-state index contributed by atoms with van der Waals surface area (Å²) in [5, 5.41) is 4.93. The number of halogens is 1. The molecule has 0 fully saturated rings. The van der Waals surface area contributed by atoms with E-state index < -0.39 is 0 Å². The van der Waals surface area contributed by atoms with Crippen LogP contribution in [0, 0.1) is 0 Å². The standard InChI is InChI=1S/C12H10BrNOS/c1-14-10-4-2-8(3-5-10)12(15)11-6-9(13)7-16-11/h2-7,14H,1H3. The molecule has 82 valence electrons. The second-order valence-electron chi connectivity index (χ2n) is 3.29. The predicted octanol–water partition coefficient (Wildman–Crippen LogP) is 3.78. The van der Waals surface area contributed by atoms with E-state index in [1.54, 1.807) is 0 Å². The van der Waals surface area contributed by atoms with Crippen molar-refractivity contribution >= 4 is 38.7 Å². The van der Waals surface area contributed by atoms with Crippen LogP contribution in [0.1, 0.15) is 15.2 Å². The molecule has 2 rings (SSSR count). The molecule has 0 amide bonds. The van der Waals surface area contributed by atoms with Crippen LogP contribution in [0.25, 0.3) is 0 Å². The van der Waals surface area contributed by atoms with Gasteiger partial charge in [-0.25, -0.2) is 0 Å². The number of carbonyl (C=O) groups excluding carboxylic acids is 1. The van der Waals surface area contributed by atoms with Gasteiger partial charge in [0.1, 0.15) is 0 Å². The van der Waals surface area contributed by atoms with Gasteiger partial charge in [0.2, 0.25) is 5.78 Å². The van der Waals surface area contributed by atoms with Crippen molar-refractivity contribution in [2.75, 3.05) is 12.4 Å². The molecule has 16 heavy (non-hydrogen) atoms. The SMILES string of the molecule is CNc1ccc(C(=O)c2cc(Br)cs2)cc1. The highest BCUT2D eigenvalue weighted by Gasteiger charge is 2.10. The number of nitrogens with one attached hydrogen (secondary N) is 1. The zero-order valence-corrected chi connectivity index (χ0v) is 11.1. The van der Waals surface area contributed by atoms with Crippen molar-refractivity contribution in [2.24, 2.45) is 0 Å². The molecular weight excluding hydrogens is 286 g/mol. The first-order valence-corrected chi connectivity index (χ1v) is 6.44. The van der Waals surface area contributed by atoms with E-state index in [0.717, 1.165) is 15.0 Å². The first kappa shape index (κ1) is 11.4. The summed E-state index contributed by atoms with van der Waals surface area (Å²) in [6, 6.07) is 9.31. The fraction of sp³-hybridized carbons (Fsp3) is 0.0833. The monoisotopic (exact) mass is 295 g/mol. The van der Waals surface area contributed by atoms with E-state index in [4.69, 9.17) is 0 Å². The quantitative estimate of drug-likeness (QED) is 0.873. The van der Waals surface area contributed by atoms with Crippen LogP contribution in [0.3, 0.4) is 0 Å². The Labute approximate surface area is 106 Å². The average molecular weight is 296 g/mol. The molecule has 2 nitrogen and oxygen atoms in total. The van der Waals surface area contributed by atoms with Gasteiger partial charge in [-0.3, -0.25) is 4.79 Å². The number of hydrogen-bond donors (Lipinski definition) is 1. The average Bonchev–Trinajstić information content (AvgIpc) is 2.75. The lowest BCUT2D eigenvalue weighted by molar-refractivity contribution is 0.104. The van der Waals surface area contributed by atoms with E-state index in [0.29, 0.717) is 5.56 Å². The first-order chi connectivity index (χ1) is 7.70. The van der Waals surface area contributed by atoms with Crippen molar-refractivity contribution in [3.05, 3.63) is 50.6 Å². The van der Waals surface area contributed by atoms with Crippen molar-refractivity contribution in [1.82, 2.24) is 0 Å². The number of carbonyl (C=O) groups is 1. The molecule has 2 aromatic rings. The van der Waals surface area contributed by atoms with Gasteiger partial charge in [0, 0.05) is 28.2 Å². The van der Waals surface area contributed by atoms with Crippen molar-refractivity contribution < 1.29 is 4.79 Å². The van der Waals surface area contributed by atoms with Gasteiger partial charge in [-0.05, 0) is 46.3 Å². The maximum atomic E-state index is 12.0. The third-order valence-electron chi connectivity index (χ3n) is 2.23. The molecule has 1 aromatic heterocycles. The van der Waals surface area contributed by atoms with Crippen LogP contribution in [-0.4, -0.2) is 12.8 Å². The summed E-state index contributed by atoms with van der Waals surface area (Å²) in [6.45, 7) is 0. The Morgan fingerprint density at radius 1 is 1.31 bits per heavy atom. The number of benzene rings is 1. The molecule has 0 unspecified atom stereocenters. The highest BCUT2D eigenvalue weighted by atomic mass is 79.9. The molecule has 0 aliphatic rings. The highest BCUT2D eigenvalue weighted by molar-refractivity contribution is 9.10. The topological polar surface area (TPSA) is 29.1 Å². The molecule has 0 saturated carbocycles. The summed E-state index contributed by atoms with van der Waals surface area (Å²) in [5.41, 5.74) is 1.72. The van der Waals surface area contributed by atoms with Gasteiger partial charge in [-0.15, -0.1) is 11.3 Å². The van der Waals surface area contributed by atoms with Crippen LogP contribution >= 0.6 is 27.3 Å². The Morgan fingerprint density at radius 3 is 2.50 bits per heavy atom. The maximum absolute atomic E-state index is 12.0. The Balaban J connectivity index is 2.27. The first-order valence-electron chi connectivity index (χ1n) is 4.77. The third-order valence-corrected chi connectivity index (χ3v) is 3.92. The molecule has 0 aliphatic heterocycles. The fourth-order valence-electron chi connectivity index (χ4n) is 1.36. The molecule has 1 N–H and O–H groups in total. The van der Waals surface area contributed by atoms with Crippen LogP contribution in [0.4, 0.5) is 5.69 Å². The molecule has 0 atom stereocenters. The second-order valence-corrected chi connectivity index (χ2v) is 5.11. The largest absolute Gasteiger partial charge is 0.388 e. The molecule has 1 heterocycles. The van der Waals surface area contributed by atoms with Gasteiger partial charge in [0.25, 0.3) is 0 Å². The van der Waals surface area contributed by atoms with E-state index in [1.807, 2.05) is 42.8 Å². The van der Waals surface area contributed by atoms with Crippen LogP contribution < -0.4 is 5.32 Å².